The molecule has 0 aliphatic heterocycles. The zero-order valence-electron chi connectivity index (χ0n) is 13.9. The van der Waals surface area contributed by atoms with Gasteiger partial charge in [-0.25, -0.2) is 13.2 Å². The average molecular weight is 402 g/mol. The number of carbonyl (C=O) groups excluding carboxylic acids is 1. The molecule has 0 amide bonds. The lowest BCUT2D eigenvalue weighted by Gasteiger charge is -2.20. The van der Waals surface area contributed by atoms with Crippen molar-refractivity contribution in [3.63, 3.8) is 0 Å². The monoisotopic (exact) mass is 401 g/mol. The third-order valence-corrected chi connectivity index (χ3v) is 6.53. The summed E-state index contributed by atoms with van der Waals surface area (Å²) in [6.07, 6.45) is 0. The van der Waals surface area contributed by atoms with Crippen LogP contribution in [-0.4, -0.2) is 32.8 Å². The molecule has 0 atom stereocenters. The summed E-state index contributed by atoms with van der Waals surface area (Å²) in [5, 5.41) is 0.667. The number of benzene rings is 2. The third-order valence-electron chi connectivity index (χ3n) is 3.72. The lowest BCUT2D eigenvalue weighted by atomic mass is 10.1. The quantitative estimate of drug-likeness (QED) is 0.712. The zero-order valence-corrected chi connectivity index (χ0v) is 16.2. The van der Waals surface area contributed by atoms with E-state index >= 15 is 0 Å². The number of hydrogen-bond acceptors (Lipinski definition) is 4. The van der Waals surface area contributed by atoms with E-state index in [-0.39, 0.29) is 17.0 Å². The van der Waals surface area contributed by atoms with Crippen LogP contribution in [0.3, 0.4) is 0 Å². The van der Waals surface area contributed by atoms with Gasteiger partial charge < -0.3 is 4.74 Å². The Morgan fingerprint density at radius 1 is 1.20 bits per heavy atom. The molecule has 5 nitrogen and oxygen atoms in total. The maximum absolute atomic E-state index is 12.9. The van der Waals surface area contributed by atoms with Gasteiger partial charge in [0, 0.05) is 13.6 Å². The molecule has 0 saturated carbocycles. The Labute approximate surface area is 157 Å². The standard InChI is InChI=1S/C17H17Cl2NO4S/c1-11-7-8-12(17(21)24-3)9-15(11)25(22,23)20(2)10-13-5-4-6-14(18)16(13)19/h4-9H,10H2,1-3H3. The highest BCUT2D eigenvalue weighted by atomic mass is 35.5. The Kier molecular flexibility index (Phi) is 6.11. The number of halogens is 2. The van der Waals surface area contributed by atoms with Crippen molar-refractivity contribution in [3.05, 3.63) is 63.1 Å². The third kappa shape index (κ3) is 4.15. The van der Waals surface area contributed by atoms with Gasteiger partial charge in [0.15, 0.2) is 0 Å². The molecule has 0 aliphatic carbocycles. The first-order valence-electron chi connectivity index (χ1n) is 7.26. The molecule has 25 heavy (non-hydrogen) atoms. The van der Waals surface area contributed by atoms with E-state index in [4.69, 9.17) is 23.2 Å². The first kappa shape index (κ1) is 19.7. The van der Waals surface area contributed by atoms with E-state index in [2.05, 4.69) is 4.74 Å². The number of nitrogens with zero attached hydrogens (tertiary/aromatic N) is 1. The summed E-state index contributed by atoms with van der Waals surface area (Å²) in [6.45, 7) is 1.71. The summed E-state index contributed by atoms with van der Waals surface area (Å²) in [5.41, 5.74) is 1.28. The van der Waals surface area contributed by atoms with Gasteiger partial charge in [0.05, 0.1) is 27.6 Å². The molecule has 0 spiro atoms. The fourth-order valence-corrected chi connectivity index (χ4v) is 4.06. The van der Waals surface area contributed by atoms with Crippen molar-refractivity contribution in [2.24, 2.45) is 0 Å². The second kappa shape index (κ2) is 7.74. The highest BCUT2D eigenvalue weighted by Crippen LogP contribution is 2.28. The van der Waals surface area contributed by atoms with Crippen LogP contribution in [0.15, 0.2) is 41.3 Å². The highest BCUT2D eigenvalue weighted by molar-refractivity contribution is 7.89. The van der Waals surface area contributed by atoms with E-state index in [9.17, 15) is 13.2 Å². The van der Waals surface area contributed by atoms with E-state index < -0.39 is 16.0 Å². The number of esters is 1. The fraction of sp³-hybridized carbons (Fsp3) is 0.235. The summed E-state index contributed by atoms with van der Waals surface area (Å²) < 4.78 is 31.6. The van der Waals surface area contributed by atoms with Gasteiger partial charge >= 0.3 is 5.97 Å². The molecule has 2 aromatic rings. The van der Waals surface area contributed by atoms with Crippen LogP contribution in [0.5, 0.6) is 0 Å². The van der Waals surface area contributed by atoms with Gasteiger partial charge in [-0.3, -0.25) is 0 Å². The fourth-order valence-electron chi connectivity index (χ4n) is 2.29. The Morgan fingerprint density at radius 2 is 1.88 bits per heavy atom. The molecule has 8 heteroatoms. The molecule has 0 unspecified atom stereocenters. The topological polar surface area (TPSA) is 63.7 Å². The van der Waals surface area contributed by atoms with Crippen LogP contribution < -0.4 is 0 Å². The van der Waals surface area contributed by atoms with E-state index in [1.165, 1.54) is 26.3 Å². The van der Waals surface area contributed by atoms with E-state index in [0.29, 0.717) is 21.2 Å². The molecule has 0 heterocycles. The van der Waals surface area contributed by atoms with Gasteiger partial charge in [-0.05, 0) is 36.2 Å². The smallest absolute Gasteiger partial charge is 0.337 e. The summed E-state index contributed by atoms with van der Waals surface area (Å²) in [5.74, 6) is -0.600. The number of carbonyl (C=O) groups is 1. The molecule has 134 valence electrons. The number of sulfonamides is 1. The van der Waals surface area contributed by atoms with Crippen LogP contribution >= 0.6 is 23.2 Å². The van der Waals surface area contributed by atoms with E-state index in [1.54, 1.807) is 31.2 Å². The average Bonchev–Trinajstić information content (AvgIpc) is 2.58. The zero-order chi connectivity index (χ0) is 18.8. The van der Waals surface area contributed by atoms with Gasteiger partial charge in [-0.2, -0.15) is 4.31 Å². The van der Waals surface area contributed by atoms with Crippen molar-refractivity contribution in [2.45, 2.75) is 18.4 Å². The molecular formula is C17H17Cl2NO4S. The van der Waals surface area contributed by atoms with Gasteiger partial charge in [0.1, 0.15) is 0 Å². The number of rotatable bonds is 5. The van der Waals surface area contributed by atoms with Gasteiger partial charge in [0.25, 0.3) is 0 Å². The first-order valence-corrected chi connectivity index (χ1v) is 9.46. The first-order chi connectivity index (χ1) is 11.7. The van der Waals surface area contributed by atoms with E-state index in [0.717, 1.165) is 4.31 Å². The molecule has 0 bridgehead atoms. The minimum atomic E-state index is -3.84. The predicted octanol–water partition coefficient (Wildman–Crippen LogP) is 3.91. The molecule has 2 aromatic carbocycles. The van der Waals surface area contributed by atoms with Crippen molar-refractivity contribution >= 4 is 39.2 Å². The van der Waals surface area contributed by atoms with Crippen LogP contribution in [0.2, 0.25) is 10.0 Å². The Morgan fingerprint density at radius 3 is 2.52 bits per heavy atom. The number of ether oxygens (including phenoxy) is 1. The molecular weight excluding hydrogens is 385 g/mol. The molecule has 0 radical (unpaired) electrons. The minimum absolute atomic E-state index is 0.0380. The normalized spacial score (nSPS) is 11.6. The Balaban J connectivity index is 2.41. The Bertz CT molecular complexity index is 913. The highest BCUT2D eigenvalue weighted by Gasteiger charge is 2.25. The number of hydrogen-bond donors (Lipinski definition) is 0. The minimum Gasteiger partial charge on any atom is -0.465 e. The predicted molar refractivity (Wildman–Crippen MR) is 97.6 cm³/mol. The van der Waals surface area contributed by atoms with Gasteiger partial charge in [0.2, 0.25) is 10.0 Å². The summed E-state index contributed by atoms with van der Waals surface area (Å²) in [6, 6.07) is 9.44. The lowest BCUT2D eigenvalue weighted by molar-refractivity contribution is 0.0600. The van der Waals surface area contributed by atoms with Crippen LogP contribution in [0, 0.1) is 6.92 Å². The number of methoxy groups -OCH3 is 1. The molecule has 0 aliphatic rings. The second-order valence-corrected chi connectivity index (χ2v) is 8.24. The van der Waals surface area contributed by atoms with Crippen molar-refractivity contribution < 1.29 is 17.9 Å². The van der Waals surface area contributed by atoms with Crippen LogP contribution in [0.1, 0.15) is 21.5 Å². The molecule has 0 N–H and O–H groups in total. The maximum atomic E-state index is 12.9. The summed E-state index contributed by atoms with van der Waals surface area (Å²) in [7, 11) is -1.16. The van der Waals surface area contributed by atoms with Crippen LogP contribution in [0.25, 0.3) is 0 Å². The van der Waals surface area contributed by atoms with Crippen molar-refractivity contribution in [1.82, 2.24) is 4.31 Å². The largest absolute Gasteiger partial charge is 0.465 e. The molecule has 2 rings (SSSR count). The van der Waals surface area contributed by atoms with E-state index in [1.807, 2.05) is 0 Å². The van der Waals surface area contributed by atoms with Gasteiger partial charge in [-0.1, -0.05) is 41.4 Å². The maximum Gasteiger partial charge on any atom is 0.337 e. The number of aryl methyl sites for hydroxylation is 1. The molecule has 0 aromatic heterocycles. The SMILES string of the molecule is COC(=O)c1ccc(C)c(S(=O)(=O)N(C)Cc2cccc(Cl)c2Cl)c1. The molecule has 0 fully saturated rings. The summed E-state index contributed by atoms with van der Waals surface area (Å²) in [4.78, 5) is 11.7. The Hall–Kier alpha value is -1.60. The molecule has 0 saturated heterocycles. The van der Waals surface area contributed by atoms with Crippen molar-refractivity contribution in [3.8, 4) is 0 Å². The van der Waals surface area contributed by atoms with Crippen LogP contribution in [0.4, 0.5) is 0 Å². The van der Waals surface area contributed by atoms with Crippen molar-refractivity contribution in [2.75, 3.05) is 14.2 Å². The second-order valence-electron chi connectivity index (χ2n) is 5.45. The van der Waals surface area contributed by atoms with Gasteiger partial charge in [-0.15, -0.1) is 0 Å². The van der Waals surface area contributed by atoms with Crippen molar-refractivity contribution in [1.29, 1.82) is 0 Å². The van der Waals surface area contributed by atoms with Crippen LogP contribution in [-0.2, 0) is 21.3 Å². The summed E-state index contributed by atoms with van der Waals surface area (Å²) >= 11 is 12.1. The lowest BCUT2D eigenvalue weighted by Crippen LogP contribution is -2.27.